The van der Waals surface area contributed by atoms with Crippen LogP contribution in [0.5, 0.6) is 5.75 Å². The smallest absolute Gasteiger partial charge is 0.128 e. The number of benzene rings is 2. The molecule has 104 valence electrons. The first-order chi connectivity index (χ1) is 9.52. The van der Waals surface area contributed by atoms with Gasteiger partial charge in [-0.25, -0.2) is 4.39 Å². The molecule has 0 spiro atoms. The van der Waals surface area contributed by atoms with Crippen molar-refractivity contribution >= 4 is 23.2 Å². The van der Waals surface area contributed by atoms with Gasteiger partial charge in [-0.1, -0.05) is 23.2 Å². The Morgan fingerprint density at radius 3 is 2.50 bits per heavy atom. The summed E-state index contributed by atoms with van der Waals surface area (Å²) in [7, 11) is 0. The zero-order valence-electron chi connectivity index (χ0n) is 10.3. The van der Waals surface area contributed by atoms with Gasteiger partial charge in [0.25, 0.3) is 0 Å². The zero-order valence-corrected chi connectivity index (χ0v) is 11.8. The van der Waals surface area contributed by atoms with Crippen molar-refractivity contribution in [1.82, 2.24) is 0 Å². The Morgan fingerprint density at radius 1 is 1.10 bits per heavy atom. The largest absolute Gasteiger partial charge is 0.485 e. The van der Waals surface area contributed by atoms with E-state index in [9.17, 15) is 9.50 Å². The summed E-state index contributed by atoms with van der Waals surface area (Å²) in [5.74, 6) is -0.0504. The normalized spacial score (nSPS) is 21.2. The van der Waals surface area contributed by atoms with E-state index in [1.54, 1.807) is 18.2 Å². The third-order valence-corrected chi connectivity index (χ3v) is 3.73. The third-order valence-electron chi connectivity index (χ3n) is 3.30. The van der Waals surface area contributed by atoms with Crippen LogP contribution in [-0.2, 0) is 0 Å². The molecule has 5 heteroatoms. The molecule has 1 N–H and O–H groups in total. The average Bonchev–Trinajstić information content (AvgIpc) is 2.36. The molecule has 0 fully saturated rings. The van der Waals surface area contributed by atoms with Gasteiger partial charge in [-0.3, -0.25) is 0 Å². The fourth-order valence-electron chi connectivity index (χ4n) is 2.38. The van der Waals surface area contributed by atoms with Crippen LogP contribution in [0.25, 0.3) is 0 Å². The third kappa shape index (κ3) is 2.62. The standard InChI is InChI=1S/C15H11Cl2FO2/c16-9-3-8(4-10(17)5-9)14-7-13(19)12-2-1-11(18)6-15(12)20-14/h1-6,13-14,19H,7H2. The van der Waals surface area contributed by atoms with Crippen molar-refractivity contribution in [2.75, 3.05) is 0 Å². The first-order valence-corrected chi connectivity index (χ1v) is 6.88. The van der Waals surface area contributed by atoms with Crippen molar-refractivity contribution < 1.29 is 14.2 Å². The molecule has 1 aliphatic rings. The molecule has 0 bridgehead atoms. The summed E-state index contributed by atoms with van der Waals surface area (Å²) in [6, 6.07) is 9.21. The molecule has 2 unspecified atom stereocenters. The molecule has 2 nitrogen and oxygen atoms in total. The molecule has 2 aromatic rings. The Hall–Kier alpha value is -1.29. The molecule has 0 saturated carbocycles. The monoisotopic (exact) mass is 312 g/mol. The lowest BCUT2D eigenvalue weighted by atomic mass is 9.95. The Labute approximate surface area is 125 Å². The number of halogens is 3. The number of aliphatic hydroxyl groups is 1. The van der Waals surface area contributed by atoms with Crippen molar-refractivity contribution in [2.24, 2.45) is 0 Å². The Morgan fingerprint density at radius 2 is 1.80 bits per heavy atom. The van der Waals surface area contributed by atoms with E-state index in [-0.39, 0.29) is 0 Å². The molecule has 1 aliphatic heterocycles. The molecular weight excluding hydrogens is 302 g/mol. The Balaban J connectivity index is 1.98. The highest BCUT2D eigenvalue weighted by Crippen LogP contribution is 2.41. The van der Waals surface area contributed by atoms with E-state index < -0.39 is 18.0 Å². The SMILES string of the molecule is OC1CC(c2cc(Cl)cc(Cl)c2)Oc2cc(F)ccc21. The molecule has 0 radical (unpaired) electrons. The van der Waals surface area contributed by atoms with Crippen LogP contribution in [0.4, 0.5) is 4.39 Å². The second-order valence-corrected chi connectivity index (χ2v) is 5.62. The van der Waals surface area contributed by atoms with Gasteiger partial charge in [-0.05, 0) is 35.9 Å². The van der Waals surface area contributed by atoms with Gasteiger partial charge < -0.3 is 9.84 Å². The predicted molar refractivity (Wildman–Crippen MR) is 75.8 cm³/mol. The molecule has 2 aromatic carbocycles. The fourth-order valence-corrected chi connectivity index (χ4v) is 2.92. The maximum Gasteiger partial charge on any atom is 0.128 e. The molecule has 1 heterocycles. The highest BCUT2D eigenvalue weighted by Gasteiger charge is 2.28. The molecule has 0 aliphatic carbocycles. The summed E-state index contributed by atoms with van der Waals surface area (Å²) < 4.78 is 19.0. The fraction of sp³-hybridized carbons (Fsp3) is 0.200. The maximum absolute atomic E-state index is 13.3. The summed E-state index contributed by atoms with van der Waals surface area (Å²) in [6.07, 6.45) is -0.743. The molecule has 0 saturated heterocycles. The van der Waals surface area contributed by atoms with Gasteiger partial charge in [-0.15, -0.1) is 0 Å². The van der Waals surface area contributed by atoms with Gasteiger partial charge in [0.05, 0.1) is 6.10 Å². The number of fused-ring (bicyclic) bond motifs is 1. The van der Waals surface area contributed by atoms with E-state index in [2.05, 4.69) is 0 Å². The van der Waals surface area contributed by atoms with Crippen LogP contribution >= 0.6 is 23.2 Å². The summed E-state index contributed by atoms with van der Waals surface area (Å²) >= 11 is 11.9. The van der Waals surface area contributed by atoms with Crippen LogP contribution in [0.1, 0.15) is 29.8 Å². The quantitative estimate of drug-likeness (QED) is 0.827. The molecule has 0 amide bonds. The van der Waals surface area contributed by atoms with Gasteiger partial charge in [0, 0.05) is 28.1 Å². The van der Waals surface area contributed by atoms with E-state index in [0.29, 0.717) is 27.8 Å². The number of ether oxygens (including phenoxy) is 1. The van der Waals surface area contributed by atoms with Crippen molar-refractivity contribution in [3.8, 4) is 5.75 Å². The van der Waals surface area contributed by atoms with Crippen molar-refractivity contribution in [3.05, 3.63) is 63.4 Å². The maximum atomic E-state index is 13.3. The molecule has 20 heavy (non-hydrogen) atoms. The van der Waals surface area contributed by atoms with Gasteiger partial charge in [0.1, 0.15) is 17.7 Å². The van der Waals surface area contributed by atoms with Gasteiger partial charge in [0.15, 0.2) is 0 Å². The van der Waals surface area contributed by atoms with Crippen LogP contribution in [0.3, 0.4) is 0 Å². The minimum Gasteiger partial charge on any atom is -0.485 e. The van der Waals surface area contributed by atoms with Gasteiger partial charge in [-0.2, -0.15) is 0 Å². The second-order valence-electron chi connectivity index (χ2n) is 4.74. The van der Waals surface area contributed by atoms with Crippen LogP contribution in [-0.4, -0.2) is 5.11 Å². The average molecular weight is 313 g/mol. The van der Waals surface area contributed by atoms with Gasteiger partial charge >= 0.3 is 0 Å². The van der Waals surface area contributed by atoms with E-state index in [4.69, 9.17) is 27.9 Å². The van der Waals surface area contributed by atoms with Crippen molar-refractivity contribution in [2.45, 2.75) is 18.6 Å². The number of aliphatic hydroxyl groups excluding tert-OH is 1. The second kappa shape index (κ2) is 5.24. The molecule has 0 aromatic heterocycles. The lowest BCUT2D eigenvalue weighted by molar-refractivity contribution is 0.0654. The van der Waals surface area contributed by atoms with Gasteiger partial charge in [0.2, 0.25) is 0 Å². The van der Waals surface area contributed by atoms with E-state index in [0.717, 1.165) is 5.56 Å². The minimum absolute atomic E-state index is 0.352. The predicted octanol–water partition coefficient (Wildman–Crippen LogP) is 4.69. The summed E-state index contributed by atoms with van der Waals surface area (Å²) in [5, 5.41) is 11.1. The number of hydrogen-bond acceptors (Lipinski definition) is 2. The van der Waals surface area contributed by atoms with Crippen molar-refractivity contribution in [3.63, 3.8) is 0 Å². The topological polar surface area (TPSA) is 29.5 Å². The zero-order chi connectivity index (χ0) is 14.3. The molecular formula is C15H11Cl2FO2. The lowest BCUT2D eigenvalue weighted by Gasteiger charge is -2.30. The number of rotatable bonds is 1. The summed E-state index contributed by atoms with van der Waals surface area (Å²) in [4.78, 5) is 0. The Kier molecular flexibility index (Phi) is 3.59. The van der Waals surface area contributed by atoms with Crippen LogP contribution in [0.15, 0.2) is 36.4 Å². The van der Waals surface area contributed by atoms with Crippen LogP contribution < -0.4 is 4.74 Å². The van der Waals surface area contributed by atoms with Crippen molar-refractivity contribution in [1.29, 1.82) is 0 Å². The van der Waals surface area contributed by atoms with E-state index in [1.807, 2.05) is 0 Å². The minimum atomic E-state index is -0.706. The summed E-state index contributed by atoms with van der Waals surface area (Å²) in [6.45, 7) is 0. The van der Waals surface area contributed by atoms with Crippen LogP contribution in [0.2, 0.25) is 10.0 Å². The number of hydrogen-bond donors (Lipinski definition) is 1. The van der Waals surface area contributed by atoms with Crippen LogP contribution in [0, 0.1) is 5.82 Å². The highest BCUT2D eigenvalue weighted by molar-refractivity contribution is 6.34. The molecule has 3 rings (SSSR count). The first-order valence-electron chi connectivity index (χ1n) is 6.13. The van der Waals surface area contributed by atoms with E-state index in [1.165, 1.54) is 18.2 Å². The highest BCUT2D eigenvalue weighted by atomic mass is 35.5. The Bertz CT molecular complexity index is 640. The molecule has 2 atom stereocenters. The first kappa shape index (κ1) is 13.7. The summed E-state index contributed by atoms with van der Waals surface area (Å²) in [5.41, 5.74) is 1.35. The lowest BCUT2D eigenvalue weighted by Crippen LogP contribution is -2.19. The van der Waals surface area contributed by atoms with E-state index >= 15 is 0 Å².